The number of likely N-dealkylation sites (tertiary alicyclic amines) is 2. The van der Waals surface area contributed by atoms with E-state index in [0.717, 1.165) is 98.1 Å². The molecule has 0 spiro atoms. The Morgan fingerprint density at radius 3 is 1.30 bits per heavy atom. The quantitative estimate of drug-likeness (QED) is 0.102. The van der Waals surface area contributed by atoms with Crippen LogP contribution in [0.15, 0.2) is 85.5 Å². The van der Waals surface area contributed by atoms with Crippen LogP contribution in [0.1, 0.15) is 52.6 Å². The van der Waals surface area contributed by atoms with Crippen molar-refractivity contribution >= 4 is 23.3 Å². The fourth-order valence-electron chi connectivity index (χ4n) is 8.91. The summed E-state index contributed by atoms with van der Waals surface area (Å²) in [4.78, 5) is 13.0. The number of β-amino-alcohol motifs (C(OH)–C–C–N with tert-alkyl or cyclic N) is 2. The summed E-state index contributed by atoms with van der Waals surface area (Å²) in [5.74, 6) is -1.99. The number of anilines is 4. The van der Waals surface area contributed by atoms with Crippen LogP contribution in [0.4, 0.5) is 40.8 Å². The molecule has 0 unspecified atom stereocenters. The molecule has 0 bridgehead atoms. The molecule has 6 aromatic rings. The van der Waals surface area contributed by atoms with Crippen LogP contribution in [0.5, 0.6) is 0 Å². The van der Waals surface area contributed by atoms with Crippen LogP contribution in [0.25, 0.3) is 11.4 Å². The molecule has 0 aliphatic carbocycles. The Morgan fingerprint density at radius 1 is 0.562 bits per heavy atom. The molecular weight excluding hydrogens is 833 g/mol. The summed E-state index contributed by atoms with van der Waals surface area (Å²) in [5.41, 5.74) is 6.33. The number of nitrogens with one attached hydrogen (secondary N) is 2. The fourth-order valence-corrected chi connectivity index (χ4v) is 8.91. The standard InChI is InChI=1S/2C23H25F2N5O2.4H2/c2*1-14-4-15(21-2-3-29(10-22(21)31)20-11-32-12-20)6-18(5-14)27-23-26-13-30(28-23)19-8-16(24)7-17(25)9-19;;;;/h2*4-9,13,20-22,31H,2-3,10-12H2,1H3,(H,27,28);4*1H/t21-,22+;21-,22-;;;;/m01..../s1. The molecular formula is C46H58F4N10O4. The number of hydrogen-bond donors (Lipinski definition) is 4. The number of aliphatic hydroxyl groups excluding tert-OH is 2. The lowest BCUT2D eigenvalue weighted by atomic mass is 9.85. The molecule has 4 aliphatic heterocycles. The lowest BCUT2D eigenvalue weighted by Gasteiger charge is -2.43. The van der Waals surface area contributed by atoms with Crippen molar-refractivity contribution in [2.75, 3.05) is 63.2 Å². The van der Waals surface area contributed by atoms with Crippen LogP contribution in [-0.4, -0.2) is 126 Å². The van der Waals surface area contributed by atoms with Gasteiger partial charge in [-0.25, -0.2) is 26.9 Å². The van der Waals surface area contributed by atoms with Crippen molar-refractivity contribution in [1.29, 1.82) is 0 Å². The Labute approximate surface area is 373 Å². The second-order valence-corrected chi connectivity index (χ2v) is 17.1. The summed E-state index contributed by atoms with van der Waals surface area (Å²) < 4.78 is 67.2. The molecule has 4 N–H and O–H groups in total. The zero-order valence-corrected chi connectivity index (χ0v) is 35.4. The van der Waals surface area contributed by atoms with E-state index in [1.165, 1.54) is 46.3 Å². The molecule has 4 aliphatic rings. The summed E-state index contributed by atoms with van der Waals surface area (Å²) in [6.45, 7) is 10.2. The summed E-state index contributed by atoms with van der Waals surface area (Å²) in [7, 11) is 0. The third-order valence-electron chi connectivity index (χ3n) is 12.3. The first-order valence-electron chi connectivity index (χ1n) is 21.4. The molecule has 2 aromatic heterocycles. The van der Waals surface area contributed by atoms with E-state index in [4.69, 9.17) is 9.47 Å². The number of halogens is 4. The molecule has 0 saturated carbocycles. The van der Waals surface area contributed by atoms with Crippen molar-refractivity contribution in [2.45, 2.75) is 62.8 Å². The highest BCUT2D eigenvalue weighted by atomic mass is 19.1. The maximum atomic E-state index is 13.5. The summed E-state index contributed by atoms with van der Waals surface area (Å²) in [6, 6.07) is 19.4. The van der Waals surface area contributed by atoms with Gasteiger partial charge in [0, 0.05) is 54.1 Å². The van der Waals surface area contributed by atoms with Gasteiger partial charge >= 0.3 is 0 Å². The average molecular weight is 891 g/mol. The van der Waals surface area contributed by atoms with E-state index in [-0.39, 0.29) is 28.9 Å². The second kappa shape index (κ2) is 18.8. The zero-order valence-electron chi connectivity index (χ0n) is 35.4. The highest BCUT2D eigenvalue weighted by Crippen LogP contribution is 2.35. The number of ether oxygens (including phenoxy) is 2. The van der Waals surface area contributed by atoms with Crippen molar-refractivity contribution in [3.63, 3.8) is 0 Å². The molecule has 18 heteroatoms. The van der Waals surface area contributed by atoms with E-state index in [9.17, 15) is 27.8 Å². The molecule has 4 aromatic carbocycles. The zero-order chi connectivity index (χ0) is 44.5. The highest BCUT2D eigenvalue weighted by Gasteiger charge is 2.36. The average Bonchev–Trinajstić information content (AvgIpc) is 3.86. The number of aryl methyl sites for hydroxylation is 2. The first-order chi connectivity index (χ1) is 30.9. The first-order valence-corrected chi connectivity index (χ1v) is 21.4. The Kier molecular flexibility index (Phi) is 12.7. The summed E-state index contributed by atoms with van der Waals surface area (Å²) in [6.07, 6.45) is 3.66. The van der Waals surface area contributed by atoms with Crippen LogP contribution < -0.4 is 10.6 Å². The predicted molar refractivity (Wildman–Crippen MR) is 239 cm³/mol. The molecule has 0 radical (unpaired) electrons. The maximum absolute atomic E-state index is 13.5. The van der Waals surface area contributed by atoms with E-state index in [1.54, 1.807) is 0 Å². The van der Waals surface area contributed by atoms with Crippen molar-refractivity contribution in [3.05, 3.63) is 131 Å². The summed E-state index contributed by atoms with van der Waals surface area (Å²) >= 11 is 0. The minimum absolute atomic E-state index is 0. The van der Waals surface area contributed by atoms with Gasteiger partial charge in [-0.05, 0) is 111 Å². The van der Waals surface area contributed by atoms with Crippen LogP contribution >= 0.6 is 0 Å². The predicted octanol–water partition coefficient (Wildman–Crippen LogP) is 7.28. The van der Waals surface area contributed by atoms with Crippen LogP contribution in [0, 0.1) is 37.1 Å². The van der Waals surface area contributed by atoms with E-state index < -0.39 is 35.5 Å². The van der Waals surface area contributed by atoms with Gasteiger partial charge < -0.3 is 30.3 Å². The second-order valence-electron chi connectivity index (χ2n) is 17.1. The van der Waals surface area contributed by atoms with Gasteiger partial charge in [-0.1, -0.05) is 12.1 Å². The Bertz CT molecular complexity index is 2390. The Hall–Kier alpha value is -5.76. The van der Waals surface area contributed by atoms with Crippen molar-refractivity contribution in [3.8, 4) is 11.4 Å². The lowest BCUT2D eigenvalue weighted by molar-refractivity contribution is -0.0889. The van der Waals surface area contributed by atoms with E-state index in [1.807, 2.05) is 38.1 Å². The maximum Gasteiger partial charge on any atom is 0.246 e. The van der Waals surface area contributed by atoms with E-state index in [2.05, 4.69) is 52.7 Å². The minimum Gasteiger partial charge on any atom is -0.391 e. The number of benzene rings is 4. The lowest BCUT2D eigenvalue weighted by Crippen LogP contribution is -2.55. The highest BCUT2D eigenvalue weighted by molar-refractivity contribution is 5.58. The smallest absolute Gasteiger partial charge is 0.246 e. The van der Waals surface area contributed by atoms with Gasteiger partial charge in [0.1, 0.15) is 35.9 Å². The molecule has 344 valence electrons. The Morgan fingerprint density at radius 2 is 0.953 bits per heavy atom. The molecule has 14 nitrogen and oxygen atoms in total. The Balaban J connectivity index is 0.000000240. The van der Waals surface area contributed by atoms with Gasteiger partial charge in [-0.15, -0.1) is 10.2 Å². The topological polar surface area (TPSA) is 151 Å². The molecule has 0 amide bonds. The number of nitrogens with zero attached hydrogens (tertiary/aromatic N) is 8. The fraction of sp³-hybridized carbons (Fsp3) is 0.391. The third kappa shape index (κ3) is 10.1. The molecule has 4 atom stereocenters. The van der Waals surface area contributed by atoms with Gasteiger partial charge in [0.15, 0.2) is 0 Å². The van der Waals surface area contributed by atoms with E-state index in [0.29, 0.717) is 37.1 Å². The van der Waals surface area contributed by atoms with Gasteiger partial charge in [-0.3, -0.25) is 9.80 Å². The van der Waals surface area contributed by atoms with Crippen LogP contribution in [-0.2, 0) is 9.47 Å². The SMILES string of the molecule is Cc1cc(Nc2ncn(-c3cc(F)cc(F)c3)n2)cc([C@@H]2CCN(C3COC3)C[C@H]2O)c1.Cc1cc(Nc2ncn(-c3cc(F)cc(F)c3)n2)cc([C@H]2CCN(C3COC3)C[C@H]2O)c1.[HH].[HH].[HH].[HH]. The van der Waals surface area contributed by atoms with Gasteiger partial charge in [0.2, 0.25) is 11.9 Å². The molecule has 10 rings (SSSR count). The van der Waals surface area contributed by atoms with Gasteiger partial charge in [0.25, 0.3) is 0 Å². The number of aromatic nitrogens is 6. The van der Waals surface area contributed by atoms with Crippen LogP contribution in [0.2, 0.25) is 0 Å². The molecule has 4 fully saturated rings. The molecule has 6 heterocycles. The first kappa shape index (κ1) is 43.5. The third-order valence-corrected chi connectivity index (χ3v) is 12.3. The molecule has 64 heavy (non-hydrogen) atoms. The monoisotopic (exact) mass is 890 g/mol. The van der Waals surface area contributed by atoms with Crippen LogP contribution in [0.3, 0.4) is 0 Å². The largest absolute Gasteiger partial charge is 0.391 e. The number of hydrogen-bond acceptors (Lipinski definition) is 12. The number of aliphatic hydroxyl groups is 2. The van der Waals surface area contributed by atoms with Gasteiger partial charge in [-0.2, -0.15) is 9.97 Å². The summed E-state index contributed by atoms with van der Waals surface area (Å²) in [5, 5.41) is 36.5. The molecule has 4 saturated heterocycles. The van der Waals surface area contributed by atoms with Crippen molar-refractivity contribution < 1.29 is 43.0 Å². The normalized spacial score (nSPS) is 22.0. The van der Waals surface area contributed by atoms with E-state index >= 15 is 0 Å². The number of rotatable bonds is 10. The number of piperidine rings is 2. The van der Waals surface area contributed by atoms with Crippen molar-refractivity contribution in [1.82, 2.24) is 39.3 Å². The van der Waals surface area contributed by atoms with Gasteiger partial charge in [0.05, 0.1) is 62.1 Å². The van der Waals surface area contributed by atoms with Crippen molar-refractivity contribution in [2.24, 2.45) is 0 Å². The minimum atomic E-state index is -0.678.